The Hall–Kier alpha value is -0.930. The van der Waals surface area contributed by atoms with E-state index in [-0.39, 0.29) is 0 Å². The maximum atomic E-state index is 4.63. The minimum absolute atomic E-state index is 0.722. The van der Waals surface area contributed by atoms with Gasteiger partial charge in [0.15, 0.2) is 0 Å². The Morgan fingerprint density at radius 3 is 2.85 bits per heavy atom. The summed E-state index contributed by atoms with van der Waals surface area (Å²) in [4.78, 5) is 7.18. The van der Waals surface area contributed by atoms with Crippen LogP contribution in [0.25, 0.3) is 0 Å². The van der Waals surface area contributed by atoms with Crippen LogP contribution in [0.4, 0.5) is 0 Å². The molecule has 0 saturated heterocycles. The molecule has 0 aliphatic heterocycles. The maximum Gasteiger partial charge on any atom is 0.0547 e. The van der Waals surface area contributed by atoms with Crippen LogP contribution in [0, 0.1) is 12.8 Å². The van der Waals surface area contributed by atoms with Gasteiger partial charge in [0, 0.05) is 24.8 Å². The normalized spacial score (nSPS) is 22.6. The number of pyridine rings is 1. The van der Waals surface area contributed by atoms with Crippen LogP contribution in [0.5, 0.6) is 0 Å². The molecule has 1 N–H and O–H groups in total. The Morgan fingerprint density at radius 2 is 2.15 bits per heavy atom. The number of aromatic nitrogens is 1. The van der Waals surface area contributed by atoms with E-state index >= 15 is 0 Å². The van der Waals surface area contributed by atoms with Gasteiger partial charge in [0.25, 0.3) is 0 Å². The zero-order valence-corrected chi connectivity index (χ0v) is 13.2. The molecule has 112 valence electrons. The van der Waals surface area contributed by atoms with E-state index < -0.39 is 0 Å². The molecule has 0 spiro atoms. The summed E-state index contributed by atoms with van der Waals surface area (Å²) in [5.74, 6) is 0.805. The summed E-state index contributed by atoms with van der Waals surface area (Å²) in [5.41, 5.74) is 2.31. The largest absolute Gasteiger partial charge is 0.314 e. The van der Waals surface area contributed by atoms with Crippen LogP contribution in [0.15, 0.2) is 18.2 Å². The average molecular weight is 275 g/mol. The van der Waals surface area contributed by atoms with Gasteiger partial charge in [-0.3, -0.25) is 9.88 Å². The third-order valence-corrected chi connectivity index (χ3v) is 4.40. The first-order valence-corrected chi connectivity index (χ1v) is 8.11. The monoisotopic (exact) mass is 275 g/mol. The lowest BCUT2D eigenvalue weighted by Gasteiger charge is -2.28. The van der Waals surface area contributed by atoms with Crippen molar-refractivity contribution in [2.24, 2.45) is 5.92 Å². The summed E-state index contributed by atoms with van der Waals surface area (Å²) in [6.07, 6.45) is 4.09. The molecule has 2 unspecified atom stereocenters. The van der Waals surface area contributed by atoms with E-state index in [1.54, 1.807) is 0 Å². The molecule has 1 heterocycles. The third kappa shape index (κ3) is 4.29. The molecule has 0 aromatic carbocycles. The molecule has 3 heteroatoms. The van der Waals surface area contributed by atoms with Crippen molar-refractivity contribution in [3.05, 3.63) is 29.6 Å². The summed E-state index contributed by atoms with van der Waals surface area (Å²) in [6, 6.07) is 7.05. The summed E-state index contributed by atoms with van der Waals surface area (Å²) in [7, 11) is 0. The van der Waals surface area contributed by atoms with Gasteiger partial charge in [-0.15, -0.1) is 0 Å². The second-order valence-electron chi connectivity index (χ2n) is 5.95. The van der Waals surface area contributed by atoms with E-state index in [0.717, 1.165) is 37.3 Å². The summed E-state index contributed by atoms with van der Waals surface area (Å²) in [5, 5.41) is 3.65. The van der Waals surface area contributed by atoms with Crippen LogP contribution in [0.1, 0.15) is 44.5 Å². The SMILES string of the molecule is CCNC1CCCC1CN(CC)Cc1cccc(C)n1. The maximum absolute atomic E-state index is 4.63. The average Bonchev–Trinajstić information content (AvgIpc) is 2.86. The Labute approximate surface area is 123 Å². The minimum Gasteiger partial charge on any atom is -0.314 e. The highest BCUT2D eigenvalue weighted by molar-refractivity contribution is 5.09. The first kappa shape index (κ1) is 15.5. The molecule has 1 saturated carbocycles. The van der Waals surface area contributed by atoms with Gasteiger partial charge in [-0.25, -0.2) is 0 Å². The number of hydrogen-bond acceptors (Lipinski definition) is 3. The fraction of sp³-hybridized carbons (Fsp3) is 0.706. The molecule has 0 amide bonds. The third-order valence-electron chi connectivity index (χ3n) is 4.40. The number of hydrogen-bond donors (Lipinski definition) is 1. The molecule has 3 nitrogen and oxygen atoms in total. The lowest BCUT2D eigenvalue weighted by molar-refractivity contribution is 0.214. The van der Waals surface area contributed by atoms with Crippen molar-refractivity contribution >= 4 is 0 Å². The topological polar surface area (TPSA) is 28.2 Å². The zero-order valence-electron chi connectivity index (χ0n) is 13.2. The van der Waals surface area contributed by atoms with E-state index in [9.17, 15) is 0 Å². The smallest absolute Gasteiger partial charge is 0.0547 e. The highest BCUT2D eigenvalue weighted by Crippen LogP contribution is 2.26. The van der Waals surface area contributed by atoms with Crippen LogP contribution in [0.2, 0.25) is 0 Å². The van der Waals surface area contributed by atoms with Gasteiger partial charge >= 0.3 is 0 Å². The Bertz CT molecular complexity index is 405. The number of aryl methyl sites for hydroxylation is 1. The number of nitrogens with zero attached hydrogens (tertiary/aromatic N) is 2. The molecule has 1 aromatic rings. The van der Waals surface area contributed by atoms with E-state index in [4.69, 9.17) is 0 Å². The van der Waals surface area contributed by atoms with E-state index in [1.165, 1.54) is 31.5 Å². The van der Waals surface area contributed by atoms with E-state index in [1.807, 2.05) is 0 Å². The molecule has 1 aromatic heterocycles. The van der Waals surface area contributed by atoms with Gasteiger partial charge in [0.05, 0.1) is 5.69 Å². The van der Waals surface area contributed by atoms with Crippen molar-refractivity contribution in [1.82, 2.24) is 15.2 Å². The minimum atomic E-state index is 0.722. The zero-order chi connectivity index (χ0) is 14.4. The Kier molecular flexibility index (Phi) is 5.99. The predicted octanol–water partition coefficient (Wildman–Crippen LogP) is 2.99. The summed E-state index contributed by atoms with van der Waals surface area (Å²) < 4.78 is 0. The van der Waals surface area contributed by atoms with Crippen molar-refractivity contribution in [3.63, 3.8) is 0 Å². The lowest BCUT2D eigenvalue weighted by atomic mass is 10.0. The Balaban J connectivity index is 1.91. The first-order valence-electron chi connectivity index (χ1n) is 8.11. The standard InChI is InChI=1S/C17H29N3/c1-4-18-17-11-7-9-15(17)12-20(5-2)13-16-10-6-8-14(3)19-16/h6,8,10,15,17-18H,4-5,7,9,11-13H2,1-3H3. The Morgan fingerprint density at radius 1 is 1.30 bits per heavy atom. The van der Waals surface area contributed by atoms with Crippen LogP contribution in [-0.4, -0.2) is 35.6 Å². The van der Waals surface area contributed by atoms with E-state index in [0.29, 0.717) is 0 Å². The molecule has 0 radical (unpaired) electrons. The quantitative estimate of drug-likeness (QED) is 0.829. The van der Waals surface area contributed by atoms with Crippen LogP contribution < -0.4 is 5.32 Å². The van der Waals surface area contributed by atoms with Crippen LogP contribution in [-0.2, 0) is 6.54 Å². The van der Waals surface area contributed by atoms with Crippen LogP contribution >= 0.6 is 0 Å². The molecule has 20 heavy (non-hydrogen) atoms. The molecule has 1 fully saturated rings. The fourth-order valence-electron chi connectivity index (χ4n) is 3.34. The number of nitrogens with one attached hydrogen (secondary N) is 1. The molecule has 1 aliphatic rings. The second-order valence-corrected chi connectivity index (χ2v) is 5.95. The van der Waals surface area contributed by atoms with Gasteiger partial charge in [-0.2, -0.15) is 0 Å². The molecule has 0 bridgehead atoms. The van der Waals surface area contributed by atoms with Gasteiger partial charge in [0.2, 0.25) is 0 Å². The van der Waals surface area contributed by atoms with Crippen molar-refractivity contribution in [2.45, 2.75) is 52.6 Å². The fourth-order valence-corrected chi connectivity index (χ4v) is 3.34. The van der Waals surface area contributed by atoms with Crippen LogP contribution in [0.3, 0.4) is 0 Å². The molecule has 2 rings (SSSR count). The highest BCUT2D eigenvalue weighted by Gasteiger charge is 2.27. The van der Waals surface area contributed by atoms with Gasteiger partial charge in [-0.05, 0) is 50.9 Å². The van der Waals surface area contributed by atoms with Crippen molar-refractivity contribution in [3.8, 4) is 0 Å². The predicted molar refractivity (Wildman–Crippen MR) is 84.7 cm³/mol. The van der Waals surface area contributed by atoms with Crippen molar-refractivity contribution in [2.75, 3.05) is 19.6 Å². The molecule has 2 atom stereocenters. The van der Waals surface area contributed by atoms with Crippen molar-refractivity contribution < 1.29 is 0 Å². The van der Waals surface area contributed by atoms with Gasteiger partial charge in [0.1, 0.15) is 0 Å². The second kappa shape index (κ2) is 7.75. The van der Waals surface area contributed by atoms with E-state index in [2.05, 4.69) is 54.2 Å². The lowest BCUT2D eigenvalue weighted by Crippen LogP contribution is -2.39. The number of rotatable bonds is 7. The first-order chi connectivity index (χ1) is 9.72. The summed E-state index contributed by atoms with van der Waals surface area (Å²) >= 11 is 0. The van der Waals surface area contributed by atoms with Gasteiger partial charge in [-0.1, -0.05) is 26.3 Å². The molecular formula is C17H29N3. The van der Waals surface area contributed by atoms with Crippen molar-refractivity contribution in [1.29, 1.82) is 0 Å². The molecular weight excluding hydrogens is 246 g/mol. The van der Waals surface area contributed by atoms with Gasteiger partial charge < -0.3 is 5.32 Å². The summed E-state index contributed by atoms with van der Waals surface area (Å²) in [6.45, 7) is 10.9. The highest BCUT2D eigenvalue weighted by atomic mass is 15.1. The molecule has 1 aliphatic carbocycles.